The first-order valence-corrected chi connectivity index (χ1v) is 8.26. The SMILES string of the molecule is COc1cc(C2=NCCN2)ccc1OCCCN1CCOCC1. The second-order valence-electron chi connectivity index (χ2n) is 5.68. The maximum absolute atomic E-state index is 5.89. The highest BCUT2D eigenvalue weighted by atomic mass is 16.5. The molecule has 1 aromatic carbocycles. The molecule has 23 heavy (non-hydrogen) atoms. The van der Waals surface area contributed by atoms with Crippen LogP contribution in [0.15, 0.2) is 23.2 Å². The lowest BCUT2D eigenvalue weighted by molar-refractivity contribution is 0.0357. The summed E-state index contributed by atoms with van der Waals surface area (Å²) in [6, 6.07) is 5.97. The number of rotatable bonds is 7. The number of amidine groups is 1. The molecule has 0 unspecified atom stereocenters. The average molecular weight is 319 g/mol. The van der Waals surface area contributed by atoms with Crippen LogP contribution >= 0.6 is 0 Å². The van der Waals surface area contributed by atoms with Crippen molar-refractivity contribution >= 4 is 5.84 Å². The number of hydrogen-bond acceptors (Lipinski definition) is 6. The van der Waals surface area contributed by atoms with Gasteiger partial charge in [-0.25, -0.2) is 0 Å². The van der Waals surface area contributed by atoms with Crippen LogP contribution in [0.25, 0.3) is 0 Å². The fourth-order valence-electron chi connectivity index (χ4n) is 2.82. The minimum absolute atomic E-state index is 0.687. The summed E-state index contributed by atoms with van der Waals surface area (Å²) in [6.07, 6.45) is 0.999. The Bertz CT molecular complexity index is 542. The second kappa shape index (κ2) is 8.17. The molecule has 0 atom stereocenters. The third-order valence-electron chi connectivity index (χ3n) is 4.09. The van der Waals surface area contributed by atoms with Crippen LogP contribution in [0.2, 0.25) is 0 Å². The van der Waals surface area contributed by atoms with E-state index in [2.05, 4.69) is 15.2 Å². The van der Waals surface area contributed by atoms with E-state index in [4.69, 9.17) is 14.2 Å². The Balaban J connectivity index is 1.50. The van der Waals surface area contributed by atoms with Crippen LogP contribution in [0.5, 0.6) is 11.5 Å². The molecule has 126 valence electrons. The molecule has 1 fully saturated rings. The van der Waals surface area contributed by atoms with Gasteiger partial charge in [0.05, 0.1) is 33.5 Å². The van der Waals surface area contributed by atoms with Crippen LogP contribution in [-0.4, -0.2) is 70.4 Å². The lowest BCUT2D eigenvalue weighted by atomic mass is 10.2. The molecule has 1 aromatic rings. The predicted octanol–water partition coefficient (Wildman–Crippen LogP) is 1.15. The van der Waals surface area contributed by atoms with E-state index in [0.29, 0.717) is 6.61 Å². The number of ether oxygens (including phenoxy) is 3. The van der Waals surface area contributed by atoms with Gasteiger partial charge in [0.15, 0.2) is 11.5 Å². The van der Waals surface area contributed by atoms with Crippen LogP contribution in [0.1, 0.15) is 12.0 Å². The van der Waals surface area contributed by atoms with Crippen LogP contribution in [0.3, 0.4) is 0 Å². The van der Waals surface area contributed by atoms with E-state index in [0.717, 1.165) is 75.3 Å². The van der Waals surface area contributed by atoms with E-state index in [9.17, 15) is 0 Å². The summed E-state index contributed by atoms with van der Waals surface area (Å²) < 4.78 is 16.7. The fourth-order valence-corrected chi connectivity index (χ4v) is 2.82. The highest BCUT2D eigenvalue weighted by molar-refractivity contribution is 6.00. The largest absolute Gasteiger partial charge is 0.493 e. The third kappa shape index (κ3) is 4.36. The summed E-state index contributed by atoms with van der Waals surface area (Å²) in [6.45, 7) is 7.19. The van der Waals surface area contributed by atoms with E-state index in [1.54, 1.807) is 7.11 Å². The molecular weight excluding hydrogens is 294 g/mol. The summed E-state index contributed by atoms with van der Waals surface area (Å²) in [7, 11) is 1.67. The zero-order valence-electron chi connectivity index (χ0n) is 13.7. The average Bonchev–Trinajstić information content (AvgIpc) is 3.14. The molecule has 0 amide bonds. The molecule has 0 radical (unpaired) electrons. The Morgan fingerprint density at radius 3 is 2.87 bits per heavy atom. The number of aliphatic imine (C=N–C) groups is 1. The Kier molecular flexibility index (Phi) is 5.71. The molecule has 2 aliphatic heterocycles. The topological polar surface area (TPSA) is 55.3 Å². The number of morpholine rings is 1. The van der Waals surface area contributed by atoms with Gasteiger partial charge in [-0.05, 0) is 24.6 Å². The molecule has 3 rings (SSSR count). The first-order chi connectivity index (χ1) is 11.4. The van der Waals surface area contributed by atoms with Gasteiger partial charge in [0.2, 0.25) is 0 Å². The maximum atomic E-state index is 5.89. The zero-order chi connectivity index (χ0) is 15.9. The molecule has 0 aromatic heterocycles. The lowest BCUT2D eigenvalue weighted by Crippen LogP contribution is -2.37. The molecule has 1 saturated heterocycles. The second-order valence-corrected chi connectivity index (χ2v) is 5.68. The van der Waals surface area contributed by atoms with Crippen LogP contribution in [-0.2, 0) is 4.74 Å². The van der Waals surface area contributed by atoms with Crippen LogP contribution in [0.4, 0.5) is 0 Å². The van der Waals surface area contributed by atoms with Crippen molar-refractivity contribution in [3.05, 3.63) is 23.8 Å². The van der Waals surface area contributed by atoms with Crippen molar-refractivity contribution in [2.24, 2.45) is 4.99 Å². The summed E-state index contributed by atoms with van der Waals surface area (Å²) in [5.41, 5.74) is 1.04. The van der Waals surface area contributed by atoms with Crippen molar-refractivity contribution in [1.29, 1.82) is 0 Å². The van der Waals surface area contributed by atoms with Crippen LogP contribution < -0.4 is 14.8 Å². The van der Waals surface area contributed by atoms with Crippen molar-refractivity contribution in [3.63, 3.8) is 0 Å². The summed E-state index contributed by atoms with van der Waals surface area (Å²) >= 11 is 0. The summed E-state index contributed by atoms with van der Waals surface area (Å²) in [5.74, 6) is 2.48. The Morgan fingerprint density at radius 1 is 1.26 bits per heavy atom. The number of nitrogens with zero attached hydrogens (tertiary/aromatic N) is 2. The number of methoxy groups -OCH3 is 1. The maximum Gasteiger partial charge on any atom is 0.161 e. The molecule has 6 heteroatoms. The molecule has 6 nitrogen and oxygen atoms in total. The highest BCUT2D eigenvalue weighted by Gasteiger charge is 2.13. The van der Waals surface area contributed by atoms with E-state index in [-0.39, 0.29) is 0 Å². The summed E-state index contributed by atoms with van der Waals surface area (Å²) in [4.78, 5) is 6.85. The Morgan fingerprint density at radius 2 is 2.13 bits per heavy atom. The third-order valence-corrected chi connectivity index (χ3v) is 4.09. The van der Waals surface area contributed by atoms with Gasteiger partial charge >= 0.3 is 0 Å². The quantitative estimate of drug-likeness (QED) is 0.764. The minimum atomic E-state index is 0.687. The first-order valence-electron chi connectivity index (χ1n) is 8.26. The Labute approximate surface area is 137 Å². The molecule has 0 saturated carbocycles. The normalized spacial score (nSPS) is 18.4. The van der Waals surface area contributed by atoms with Gasteiger partial charge in [-0.1, -0.05) is 0 Å². The fraction of sp³-hybridized carbons (Fsp3) is 0.588. The predicted molar refractivity (Wildman–Crippen MR) is 89.8 cm³/mol. The molecule has 0 aliphatic carbocycles. The van der Waals surface area contributed by atoms with Gasteiger partial charge in [0.1, 0.15) is 5.84 Å². The number of nitrogens with one attached hydrogen (secondary N) is 1. The van der Waals surface area contributed by atoms with Gasteiger partial charge < -0.3 is 19.5 Å². The zero-order valence-corrected chi connectivity index (χ0v) is 13.7. The number of hydrogen-bond donors (Lipinski definition) is 1. The van der Waals surface area contributed by atoms with Gasteiger partial charge in [-0.15, -0.1) is 0 Å². The molecular formula is C17H25N3O3. The van der Waals surface area contributed by atoms with Crippen molar-refractivity contribution in [2.75, 3.05) is 59.7 Å². The monoisotopic (exact) mass is 319 g/mol. The minimum Gasteiger partial charge on any atom is -0.493 e. The number of benzene rings is 1. The van der Waals surface area contributed by atoms with Crippen molar-refractivity contribution in [3.8, 4) is 11.5 Å². The molecule has 2 heterocycles. The Hall–Kier alpha value is -1.79. The lowest BCUT2D eigenvalue weighted by Gasteiger charge is -2.26. The van der Waals surface area contributed by atoms with Crippen molar-refractivity contribution in [1.82, 2.24) is 10.2 Å². The van der Waals surface area contributed by atoms with Crippen molar-refractivity contribution in [2.45, 2.75) is 6.42 Å². The van der Waals surface area contributed by atoms with Crippen LogP contribution in [0, 0.1) is 0 Å². The van der Waals surface area contributed by atoms with Gasteiger partial charge in [0.25, 0.3) is 0 Å². The molecule has 2 aliphatic rings. The molecule has 0 spiro atoms. The first kappa shape index (κ1) is 16.1. The molecule has 1 N–H and O–H groups in total. The summed E-state index contributed by atoms with van der Waals surface area (Å²) in [5, 5.41) is 3.27. The van der Waals surface area contributed by atoms with Gasteiger partial charge in [-0.3, -0.25) is 9.89 Å². The van der Waals surface area contributed by atoms with Crippen molar-refractivity contribution < 1.29 is 14.2 Å². The molecule has 0 bridgehead atoms. The highest BCUT2D eigenvalue weighted by Crippen LogP contribution is 2.28. The van der Waals surface area contributed by atoms with Gasteiger partial charge in [-0.2, -0.15) is 0 Å². The van der Waals surface area contributed by atoms with E-state index < -0.39 is 0 Å². The van der Waals surface area contributed by atoms with Gasteiger partial charge in [0, 0.05) is 31.7 Å². The van der Waals surface area contributed by atoms with E-state index in [1.807, 2.05) is 18.2 Å². The van der Waals surface area contributed by atoms with E-state index in [1.165, 1.54) is 0 Å². The smallest absolute Gasteiger partial charge is 0.161 e. The standard InChI is InChI=1S/C17H25N3O3/c1-21-16-13-14(17-18-5-6-19-17)3-4-15(16)23-10-2-7-20-8-11-22-12-9-20/h3-4,13H,2,5-12H2,1H3,(H,18,19). The van der Waals surface area contributed by atoms with E-state index >= 15 is 0 Å².